The minimum absolute atomic E-state index is 0. The molecule has 1 heterocycles. The molecule has 1 unspecified atom stereocenters. The zero-order chi connectivity index (χ0) is 9.42. The molecule has 1 aliphatic heterocycles. The van der Waals surface area contributed by atoms with E-state index in [1.54, 1.807) is 0 Å². The normalized spacial score (nSPS) is 21.0. The Labute approximate surface area is 105 Å². The van der Waals surface area contributed by atoms with E-state index in [-0.39, 0.29) is 39.3 Å². The van der Waals surface area contributed by atoms with Gasteiger partial charge in [0.1, 0.15) is 11.9 Å². The number of fused-ring (bicyclic) bond motifs is 1. The van der Waals surface area contributed by atoms with Gasteiger partial charge in [-0.2, -0.15) is 0 Å². The van der Waals surface area contributed by atoms with Gasteiger partial charge in [-0.05, 0) is 30.7 Å². The van der Waals surface area contributed by atoms with Gasteiger partial charge in [0.05, 0.1) is 0 Å². The second kappa shape index (κ2) is 5.68. The van der Waals surface area contributed by atoms with Gasteiger partial charge < -0.3 is 4.74 Å². The molecule has 4 heteroatoms. The van der Waals surface area contributed by atoms with Crippen LogP contribution in [0.2, 0.25) is 13.1 Å². The van der Waals surface area contributed by atoms with Crippen LogP contribution in [0.25, 0.3) is 0 Å². The monoisotopic (exact) mass is 262 g/mol. The van der Waals surface area contributed by atoms with Gasteiger partial charge in [-0.25, -0.2) is 0 Å². The minimum atomic E-state index is -0.304. The van der Waals surface area contributed by atoms with Crippen LogP contribution < -0.4 is 0 Å². The summed E-state index contributed by atoms with van der Waals surface area (Å²) in [7, 11) is -0.304. The Morgan fingerprint density at radius 1 is 1.27 bits per heavy atom. The standard InChI is InChI=1S/C11H14OSi.2ClH/c1-8-4-9-6-10(7-13(2)3)12-11(9)5-8;;/h4-7,10H,1-3H3;2*1H. The Hall–Kier alpha value is -0.313. The van der Waals surface area contributed by atoms with Gasteiger partial charge in [-0.3, -0.25) is 0 Å². The molecule has 1 nitrogen and oxygen atoms in total. The molecule has 1 atom stereocenters. The molecular formula is C11H16Cl2OSi. The van der Waals surface area contributed by atoms with Gasteiger partial charge in [0.2, 0.25) is 0 Å². The highest BCUT2D eigenvalue weighted by Gasteiger charge is 2.21. The van der Waals surface area contributed by atoms with Crippen LogP contribution in [-0.2, 0) is 4.74 Å². The fourth-order valence-electron chi connectivity index (χ4n) is 1.65. The zero-order valence-corrected chi connectivity index (χ0v) is 11.7. The maximum absolute atomic E-state index is 5.75. The molecule has 0 aromatic carbocycles. The summed E-state index contributed by atoms with van der Waals surface area (Å²) in [4.78, 5) is 0. The first kappa shape index (κ1) is 14.7. The van der Waals surface area contributed by atoms with Crippen molar-refractivity contribution >= 4 is 38.9 Å². The lowest BCUT2D eigenvalue weighted by Crippen LogP contribution is -2.10. The van der Waals surface area contributed by atoms with E-state index in [4.69, 9.17) is 4.74 Å². The molecule has 1 aliphatic carbocycles. The Morgan fingerprint density at radius 3 is 2.47 bits per heavy atom. The number of ether oxygens (including phenoxy) is 1. The first-order valence-corrected chi connectivity index (χ1v) is 7.17. The fourth-order valence-corrected chi connectivity index (χ4v) is 2.47. The average Bonchev–Trinajstić information content (AvgIpc) is 2.41. The molecule has 0 bridgehead atoms. The summed E-state index contributed by atoms with van der Waals surface area (Å²) < 4.78 is 5.75. The van der Waals surface area contributed by atoms with Gasteiger partial charge in [0.25, 0.3) is 0 Å². The van der Waals surface area contributed by atoms with Crippen molar-refractivity contribution in [3.05, 3.63) is 35.1 Å². The third kappa shape index (κ3) is 3.33. The minimum Gasteiger partial charge on any atom is -0.482 e. The third-order valence-electron chi connectivity index (χ3n) is 2.13. The Morgan fingerprint density at radius 2 is 1.93 bits per heavy atom. The largest absolute Gasteiger partial charge is 0.482 e. The molecule has 0 fully saturated rings. The van der Waals surface area contributed by atoms with Gasteiger partial charge >= 0.3 is 0 Å². The number of rotatable bonds is 1. The zero-order valence-electron chi connectivity index (χ0n) is 9.11. The van der Waals surface area contributed by atoms with Crippen LogP contribution in [0.3, 0.4) is 0 Å². The lowest BCUT2D eigenvalue weighted by molar-refractivity contribution is 0.239. The van der Waals surface area contributed by atoms with E-state index in [9.17, 15) is 0 Å². The van der Waals surface area contributed by atoms with E-state index in [2.05, 4.69) is 43.9 Å². The van der Waals surface area contributed by atoms with E-state index in [0.29, 0.717) is 0 Å². The van der Waals surface area contributed by atoms with Crippen molar-refractivity contribution in [3.8, 4) is 0 Å². The van der Waals surface area contributed by atoms with Gasteiger partial charge in [0.15, 0.2) is 0 Å². The average molecular weight is 263 g/mol. The molecule has 0 spiro atoms. The molecule has 0 saturated carbocycles. The SMILES string of the molecule is CC1=CC2=CC(C=[Si](C)C)OC2=C1.Cl.Cl. The van der Waals surface area contributed by atoms with E-state index < -0.39 is 0 Å². The summed E-state index contributed by atoms with van der Waals surface area (Å²) in [5, 5.41) is 0. The third-order valence-corrected chi connectivity index (χ3v) is 3.13. The maximum atomic E-state index is 5.75. The summed E-state index contributed by atoms with van der Waals surface area (Å²) >= 11 is 0. The van der Waals surface area contributed by atoms with Crippen molar-refractivity contribution in [2.45, 2.75) is 26.1 Å². The van der Waals surface area contributed by atoms with Crippen molar-refractivity contribution in [2.75, 3.05) is 0 Å². The second-order valence-corrected chi connectivity index (χ2v) is 6.33. The van der Waals surface area contributed by atoms with E-state index in [1.807, 2.05) is 0 Å². The number of halogens is 2. The van der Waals surface area contributed by atoms with Gasteiger partial charge in [-0.15, -0.1) is 24.8 Å². The summed E-state index contributed by atoms with van der Waals surface area (Å²) in [6, 6.07) is 0. The van der Waals surface area contributed by atoms with Crippen molar-refractivity contribution in [2.24, 2.45) is 0 Å². The highest BCUT2D eigenvalue weighted by Crippen LogP contribution is 2.30. The van der Waals surface area contributed by atoms with E-state index >= 15 is 0 Å². The van der Waals surface area contributed by atoms with Crippen molar-refractivity contribution in [1.82, 2.24) is 0 Å². The van der Waals surface area contributed by atoms with Crippen LogP contribution in [0.4, 0.5) is 0 Å². The van der Waals surface area contributed by atoms with Crippen LogP contribution in [0.5, 0.6) is 0 Å². The molecule has 0 saturated heterocycles. The quantitative estimate of drug-likeness (QED) is 0.660. The van der Waals surface area contributed by atoms with E-state index in [1.165, 1.54) is 11.1 Å². The smallest absolute Gasteiger partial charge is 0.132 e. The van der Waals surface area contributed by atoms with Crippen molar-refractivity contribution in [3.63, 3.8) is 0 Å². The molecule has 2 rings (SSSR count). The van der Waals surface area contributed by atoms with Crippen LogP contribution in [-0.4, -0.2) is 20.2 Å². The van der Waals surface area contributed by atoms with Crippen molar-refractivity contribution in [1.29, 1.82) is 0 Å². The molecule has 0 amide bonds. The highest BCUT2D eigenvalue weighted by molar-refractivity contribution is 6.64. The van der Waals surface area contributed by atoms with Crippen LogP contribution in [0.15, 0.2) is 35.1 Å². The first-order valence-electron chi connectivity index (χ1n) is 4.59. The molecule has 84 valence electrons. The van der Waals surface area contributed by atoms with Crippen molar-refractivity contribution < 1.29 is 4.74 Å². The summed E-state index contributed by atoms with van der Waals surface area (Å²) in [6.45, 7) is 6.65. The van der Waals surface area contributed by atoms with Gasteiger partial charge in [0, 0.05) is 14.0 Å². The number of allylic oxidation sites excluding steroid dienone is 3. The number of hydrogen-bond donors (Lipinski definition) is 0. The van der Waals surface area contributed by atoms with Crippen LogP contribution in [0, 0.1) is 0 Å². The predicted molar refractivity (Wildman–Crippen MR) is 72.8 cm³/mol. The predicted octanol–water partition coefficient (Wildman–Crippen LogP) is 3.14. The highest BCUT2D eigenvalue weighted by atomic mass is 35.5. The topological polar surface area (TPSA) is 9.23 Å². The number of hydrogen-bond acceptors (Lipinski definition) is 1. The lowest BCUT2D eigenvalue weighted by Gasteiger charge is -2.05. The maximum Gasteiger partial charge on any atom is 0.132 e. The fraction of sp³-hybridized carbons (Fsp3) is 0.364. The Bertz CT molecular complexity index is 363. The molecule has 0 aromatic heterocycles. The molecule has 0 aromatic rings. The van der Waals surface area contributed by atoms with E-state index in [0.717, 1.165) is 5.76 Å². The molecule has 0 N–H and O–H groups in total. The Kier molecular flexibility index (Phi) is 5.57. The second-order valence-electron chi connectivity index (χ2n) is 3.85. The molecule has 2 aliphatic rings. The van der Waals surface area contributed by atoms with Crippen LogP contribution >= 0.6 is 24.8 Å². The summed E-state index contributed by atoms with van der Waals surface area (Å²) in [5.74, 6) is 1.06. The molecule has 15 heavy (non-hydrogen) atoms. The summed E-state index contributed by atoms with van der Waals surface area (Å²) in [6.07, 6.45) is 6.73. The summed E-state index contributed by atoms with van der Waals surface area (Å²) in [5.41, 5.74) is 4.88. The first-order chi connectivity index (χ1) is 6.15. The molecular weight excluding hydrogens is 247 g/mol. The lowest BCUT2D eigenvalue weighted by atomic mass is 10.2. The Balaban J connectivity index is 0.000000980. The van der Waals surface area contributed by atoms with Gasteiger partial charge in [-0.1, -0.05) is 18.8 Å². The van der Waals surface area contributed by atoms with Crippen LogP contribution in [0.1, 0.15) is 6.92 Å². The molecule has 0 radical (unpaired) electrons.